The maximum Gasteiger partial charge on any atom is 0.433 e. The lowest BCUT2D eigenvalue weighted by Gasteiger charge is -2.22. The highest BCUT2D eigenvalue weighted by Crippen LogP contribution is 2.36. The van der Waals surface area contributed by atoms with Gasteiger partial charge in [0, 0.05) is 31.2 Å². The van der Waals surface area contributed by atoms with E-state index in [9.17, 15) is 18.0 Å². The largest absolute Gasteiger partial charge is 0.433 e. The number of alkyl halides is 3. The molecule has 21 heavy (non-hydrogen) atoms. The minimum atomic E-state index is -4.48. The predicted octanol–water partition coefficient (Wildman–Crippen LogP) is 1.93. The molecule has 1 unspecified atom stereocenters. The number of pyridine rings is 1. The summed E-state index contributed by atoms with van der Waals surface area (Å²) in [6, 6.07) is 2.06. The van der Waals surface area contributed by atoms with Gasteiger partial charge in [0.2, 0.25) is 0 Å². The lowest BCUT2D eigenvalue weighted by atomic mass is 9.86. The summed E-state index contributed by atoms with van der Waals surface area (Å²) in [5, 5.41) is 3.30. The zero-order valence-electron chi connectivity index (χ0n) is 11.4. The summed E-state index contributed by atoms with van der Waals surface area (Å²) >= 11 is 0. The van der Waals surface area contributed by atoms with Gasteiger partial charge in [0.25, 0.3) is 5.91 Å². The van der Waals surface area contributed by atoms with Crippen molar-refractivity contribution in [2.24, 2.45) is 5.41 Å². The van der Waals surface area contributed by atoms with E-state index in [4.69, 9.17) is 0 Å². The number of aromatic nitrogens is 1. The van der Waals surface area contributed by atoms with E-state index in [1.807, 2.05) is 0 Å². The Morgan fingerprint density at radius 1 is 1.33 bits per heavy atom. The highest BCUT2D eigenvalue weighted by molar-refractivity contribution is 5.94. The van der Waals surface area contributed by atoms with E-state index in [1.54, 1.807) is 4.90 Å². The molecule has 3 rings (SSSR count). The van der Waals surface area contributed by atoms with Crippen LogP contribution in [0.4, 0.5) is 13.2 Å². The van der Waals surface area contributed by atoms with Crippen molar-refractivity contribution in [1.82, 2.24) is 15.2 Å². The van der Waals surface area contributed by atoms with E-state index in [0.717, 1.165) is 38.2 Å². The SMILES string of the molecule is O=C(c1ccc(C(F)(F)F)nc1)N1CCC2(CCNC2)C1. The molecule has 0 saturated carbocycles. The van der Waals surface area contributed by atoms with E-state index in [0.29, 0.717) is 13.1 Å². The van der Waals surface area contributed by atoms with Crippen molar-refractivity contribution in [3.05, 3.63) is 29.6 Å². The number of halogens is 3. The highest BCUT2D eigenvalue weighted by atomic mass is 19.4. The average molecular weight is 299 g/mol. The Kier molecular flexibility index (Phi) is 3.39. The maximum atomic E-state index is 12.5. The molecular weight excluding hydrogens is 283 g/mol. The summed E-state index contributed by atoms with van der Waals surface area (Å²) in [4.78, 5) is 17.4. The maximum absolute atomic E-state index is 12.5. The summed E-state index contributed by atoms with van der Waals surface area (Å²) < 4.78 is 37.4. The molecule has 0 aromatic carbocycles. The minimum Gasteiger partial charge on any atom is -0.338 e. The molecule has 3 heterocycles. The van der Waals surface area contributed by atoms with Crippen molar-refractivity contribution in [1.29, 1.82) is 0 Å². The first-order valence-electron chi connectivity index (χ1n) is 6.93. The number of nitrogens with zero attached hydrogens (tertiary/aromatic N) is 2. The van der Waals surface area contributed by atoms with Gasteiger partial charge in [0.05, 0.1) is 5.56 Å². The number of carbonyl (C=O) groups excluding carboxylic acids is 1. The Morgan fingerprint density at radius 3 is 2.71 bits per heavy atom. The van der Waals surface area contributed by atoms with Crippen LogP contribution in [0.2, 0.25) is 0 Å². The second kappa shape index (κ2) is 4.98. The topological polar surface area (TPSA) is 45.2 Å². The molecule has 1 amide bonds. The van der Waals surface area contributed by atoms with Crippen molar-refractivity contribution in [2.75, 3.05) is 26.2 Å². The molecule has 1 aromatic rings. The van der Waals surface area contributed by atoms with Crippen LogP contribution in [0, 0.1) is 5.41 Å². The molecule has 1 spiro atoms. The normalized spacial score (nSPS) is 25.8. The number of hydrogen-bond acceptors (Lipinski definition) is 3. The van der Waals surface area contributed by atoms with Gasteiger partial charge in [-0.2, -0.15) is 13.2 Å². The number of carbonyl (C=O) groups is 1. The van der Waals surface area contributed by atoms with E-state index in [1.165, 1.54) is 6.07 Å². The third kappa shape index (κ3) is 2.74. The zero-order chi connectivity index (χ0) is 15.1. The lowest BCUT2D eigenvalue weighted by Crippen LogP contribution is -2.33. The average Bonchev–Trinajstić information content (AvgIpc) is 3.08. The molecule has 0 radical (unpaired) electrons. The summed E-state index contributed by atoms with van der Waals surface area (Å²) in [6.45, 7) is 3.19. The van der Waals surface area contributed by atoms with Crippen LogP contribution in [-0.4, -0.2) is 42.0 Å². The summed E-state index contributed by atoms with van der Waals surface area (Å²) in [6.07, 6.45) is -1.47. The number of hydrogen-bond donors (Lipinski definition) is 1. The summed E-state index contributed by atoms with van der Waals surface area (Å²) in [7, 11) is 0. The molecule has 0 bridgehead atoms. The van der Waals surface area contributed by atoms with Crippen LogP contribution in [0.1, 0.15) is 28.9 Å². The number of nitrogens with one attached hydrogen (secondary N) is 1. The molecule has 114 valence electrons. The Bertz CT molecular complexity index is 535. The molecule has 1 aromatic heterocycles. The van der Waals surface area contributed by atoms with Crippen LogP contribution in [0.5, 0.6) is 0 Å². The molecule has 1 atom stereocenters. The van der Waals surface area contributed by atoms with Crippen molar-refractivity contribution >= 4 is 5.91 Å². The third-order valence-electron chi connectivity index (χ3n) is 4.36. The van der Waals surface area contributed by atoms with Gasteiger partial charge in [0.1, 0.15) is 5.69 Å². The molecule has 7 heteroatoms. The summed E-state index contributed by atoms with van der Waals surface area (Å²) in [5.74, 6) is -0.236. The second-order valence-corrected chi connectivity index (χ2v) is 5.83. The highest BCUT2D eigenvalue weighted by Gasteiger charge is 2.42. The minimum absolute atomic E-state index is 0.148. The van der Waals surface area contributed by atoms with Gasteiger partial charge in [-0.25, -0.2) is 0 Å². The fourth-order valence-corrected chi connectivity index (χ4v) is 3.12. The number of rotatable bonds is 1. The molecule has 4 nitrogen and oxygen atoms in total. The number of amides is 1. The van der Waals surface area contributed by atoms with Crippen LogP contribution in [0.15, 0.2) is 18.3 Å². The van der Waals surface area contributed by atoms with Gasteiger partial charge in [-0.1, -0.05) is 0 Å². The van der Waals surface area contributed by atoms with E-state index >= 15 is 0 Å². The molecule has 2 aliphatic rings. The molecule has 0 aliphatic carbocycles. The standard InChI is InChI=1S/C14H16F3N3O/c15-14(16,17)11-2-1-10(7-19-11)12(21)20-6-4-13(9-20)3-5-18-8-13/h1-2,7,18H,3-6,8-9H2. The van der Waals surface area contributed by atoms with Crippen LogP contribution < -0.4 is 5.32 Å². The van der Waals surface area contributed by atoms with Crippen molar-refractivity contribution < 1.29 is 18.0 Å². The van der Waals surface area contributed by atoms with Gasteiger partial charge in [0.15, 0.2) is 0 Å². The molecule has 2 aliphatic heterocycles. The second-order valence-electron chi connectivity index (χ2n) is 5.83. The molecule has 1 N–H and O–H groups in total. The third-order valence-corrected chi connectivity index (χ3v) is 4.36. The van der Waals surface area contributed by atoms with Gasteiger partial charge in [-0.3, -0.25) is 9.78 Å². The van der Waals surface area contributed by atoms with Crippen LogP contribution in [0.25, 0.3) is 0 Å². The monoisotopic (exact) mass is 299 g/mol. The van der Waals surface area contributed by atoms with Gasteiger partial charge in [-0.05, 0) is 31.5 Å². The van der Waals surface area contributed by atoms with Crippen LogP contribution in [-0.2, 0) is 6.18 Å². The first kappa shape index (κ1) is 14.3. The molecule has 2 fully saturated rings. The van der Waals surface area contributed by atoms with Crippen LogP contribution in [0.3, 0.4) is 0 Å². The molecule has 2 saturated heterocycles. The van der Waals surface area contributed by atoms with Crippen molar-refractivity contribution in [3.63, 3.8) is 0 Å². The zero-order valence-corrected chi connectivity index (χ0v) is 11.4. The van der Waals surface area contributed by atoms with Gasteiger partial charge < -0.3 is 10.2 Å². The van der Waals surface area contributed by atoms with E-state index in [2.05, 4.69) is 10.3 Å². The van der Waals surface area contributed by atoms with E-state index in [-0.39, 0.29) is 16.9 Å². The Labute approximate surface area is 120 Å². The fourth-order valence-electron chi connectivity index (χ4n) is 3.12. The van der Waals surface area contributed by atoms with Gasteiger partial charge in [-0.15, -0.1) is 0 Å². The van der Waals surface area contributed by atoms with Crippen molar-refractivity contribution in [3.8, 4) is 0 Å². The van der Waals surface area contributed by atoms with Gasteiger partial charge >= 0.3 is 6.18 Å². The number of likely N-dealkylation sites (tertiary alicyclic amines) is 1. The predicted molar refractivity (Wildman–Crippen MR) is 69.7 cm³/mol. The molecular formula is C14H16F3N3O. The Morgan fingerprint density at radius 2 is 2.14 bits per heavy atom. The summed E-state index contributed by atoms with van der Waals surface area (Å²) in [5.41, 5.74) is -0.613. The first-order chi connectivity index (χ1) is 9.90. The Balaban J connectivity index is 1.71. The van der Waals surface area contributed by atoms with Crippen molar-refractivity contribution in [2.45, 2.75) is 19.0 Å². The smallest absolute Gasteiger partial charge is 0.338 e. The quantitative estimate of drug-likeness (QED) is 0.862. The Hall–Kier alpha value is -1.63. The van der Waals surface area contributed by atoms with Crippen LogP contribution >= 0.6 is 0 Å². The fraction of sp³-hybridized carbons (Fsp3) is 0.571. The van der Waals surface area contributed by atoms with E-state index < -0.39 is 11.9 Å². The lowest BCUT2D eigenvalue weighted by molar-refractivity contribution is -0.141. The first-order valence-corrected chi connectivity index (χ1v) is 6.93.